The SMILES string of the molecule is C/C=C(/C=N)c1cc2c(cc1C(F)F)N(c1nn(C3CCSCC3)c3c1CN(C(=O)CC(C)(C)C)CC3)CCC2. The van der Waals surface area contributed by atoms with Crippen LogP contribution in [0.4, 0.5) is 20.3 Å². The van der Waals surface area contributed by atoms with E-state index in [1.807, 2.05) is 22.7 Å². The van der Waals surface area contributed by atoms with Crippen molar-refractivity contribution in [2.75, 3.05) is 29.5 Å². The molecule has 6 nitrogen and oxygen atoms in total. The molecule has 1 aromatic carbocycles. The number of anilines is 2. The molecule has 3 aliphatic heterocycles. The maximum Gasteiger partial charge on any atom is 0.264 e. The van der Waals surface area contributed by atoms with Gasteiger partial charge in [-0.15, -0.1) is 0 Å². The summed E-state index contributed by atoms with van der Waals surface area (Å²) in [7, 11) is 0. The molecule has 0 radical (unpaired) electrons. The number of carbonyl (C=O) groups excluding carboxylic acids is 1. The van der Waals surface area contributed by atoms with Gasteiger partial charge in [0.2, 0.25) is 5.91 Å². The van der Waals surface area contributed by atoms with Crippen LogP contribution in [0.2, 0.25) is 0 Å². The highest BCUT2D eigenvalue weighted by atomic mass is 32.2. The summed E-state index contributed by atoms with van der Waals surface area (Å²) in [6.45, 7) is 9.90. The van der Waals surface area contributed by atoms with E-state index < -0.39 is 6.43 Å². The van der Waals surface area contributed by atoms with Crippen molar-refractivity contribution in [2.45, 2.75) is 85.2 Å². The van der Waals surface area contributed by atoms with Crippen molar-refractivity contribution in [3.63, 3.8) is 0 Å². The van der Waals surface area contributed by atoms with E-state index >= 15 is 0 Å². The van der Waals surface area contributed by atoms with Crippen molar-refractivity contribution in [1.29, 1.82) is 5.41 Å². The van der Waals surface area contributed by atoms with E-state index in [1.165, 1.54) is 5.69 Å². The summed E-state index contributed by atoms with van der Waals surface area (Å²) in [6.07, 6.45) is 5.25. The second kappa shape index (κ2) is 11.7. The van der Waals surface area contributed by atoms with Crippen molar-refractivity contribution >= 4 is 41.0 Å². The molecule has 2 aromatic rings. The second-order valence-electron chi connectivity index (χ2n) is 12.4. The first kappa shape index (κ1) is 28.8. The standard InChI is InChI=1S/C31H41F2N5OS/c1-5-20(18-34)23-15-21-7-6-11-37(27(21)16-24(23)29(32)33)30-25-19-36(28(39)17-31(2,3)4)12-8-26(25)38(35-30)22-9-13-40-14-10-22/h5,15-16,18,22,29,34H,6-14,17,19H2,1-4H3/b20-5-,34-18?. The van der Waals surface area contributed by atoms with Crippen LogP contribution in [-0.2, 0) is 24.2 Å². The zero-order valence-electron chi connectivity index (χ0n) is 24.1. The Morgan fingerprint density at radius 2 is 1.95 bits per heavy atom. The number of allylic oxidation sites excluding steroid dienone is 2. The third-order valence-electron chi connectivity index (χ3n) is 8.27. The summed E-state index contributed by atoms with van der Waals surface area (Å²) in [4.78, 5) is 17.4. The first-order chi connectivity index (χ1) is 19.1. The Bertz CT molecular complexity index is 1310. The smallest absolute Gasteiger partial charge is 0.264 e. The maximum atomic E-state index is 14.4. The van der Waals surface area contributed by atoms with E-state index in [2.05, 4.69) is 30.4 Å². The molecule has 0 aliphatic carbocycles. The zero-order valence-corrected chi connectivity index (χ0v) is 24.9. The highest BCUT2D eigenvalue weighted by Crippen LogP contribution is 2.43. The lowest BCUT2D eigenvalue weighted by Gasteiger charge is -2.34. The molecular weight excluding hydrogens is 528 g/mol. The molecule has 4 heterocycles. The summed E-state index contributed by atoms with van der Waals surface area (Å²) in [5.41, 5.74) is 4.82. The van der Waals surface area contributed by atoms with Crippen LogP contribution >= 0.6 is 11.8 Å². The molecule has 1 fully saturated rings. The Morgan fingerprint density at radius 1 is 1.20 bits per heavy atom. The fraction of sp³-hybridized carbons (Fsp3) is 0.581. The number of aromatic nitrogens is 2. The van der Waals surface area contributed by atoms with Gasteiger partial charge >= 0.3 is 0 Å². The molecule has 9 heteroatoms. The molecule has 1 N–H and O–H groups in total. The van der Waals surface area contributed by atoms with Gasteiger partial charge in [-0.25, -0.2) is 8.78 Å². The van der Waals surface area contributed by atoms with E-state index in [0.717, 1.165) is 72.5 Å². The van der Waals surface area contributed by atoms with Crippen LogP contribution in [0.5, 0.6) is 0 Å². The molecular formula is C31H41F2N5OS. The third-order valence-corrected chi connectivity index (χ3v) is 9.32. The zero-order chi connectivity index (χ0) is 28.6. The molecule has 0 atom stereocenters. The third kappa shape index (κ3) is 5.71. The number of carbonyl (C=O) groups is 1. The molecule has 0 spiro atoms. The van der Waals surface area contributed by atoms with Crippen LogP contribution in [0.3, 0.4) is 0 Å². The van der Waals surface area contributed by atoms with E-state index in [4.69, 9.17) is 10.5 Å². The van der Waals surface area contributed by atoms with Gasteiger partial charge in [-0.1, -0.05) is 26.8 Å². The molecule has 3 aliphatic rings. The molecule has 1 amide bonds. The van der Waals surface area contributed by atoms with Gasteiger partial charge in [0.1, 0.15) is 0 Å². The number of rotatable bonds is 6. The Morgan fingerprint density at radius 3 is 2.60 bits per heavy atom. The number of amides is 1. The monoisotopic (exact) mass is 569 g/mol. The van der Waals surface area contributed by atoms with E-state index in [9.17, 15) is 13.6 Å². The fourth-order valence-corrected chi connectivity index (χ4v) is 7.35. The summed E-state index contributed by atoms with van der Waals surface area (Å²) >= 11 is 1.98. The molecule has 0 unspecified atom stereocenters. The Hall–Kier alpha value is -2.68. The highest BCUT2D eigenvalue weighted by molar-refractivity contribution is 7.99. The summed E-state index contributed by atoms with van der Waals surface area (Å²) < 4.78 is 31.0. The second-order valence-corrected chi connectivity index (χ2v) is 13.6. The topological polar surface area (TPSA) is 65.2 Å². The van der Waals surface area contributed by atoms with Gasteiger partial charge in [-0.3, -0.25) is 9.48 Å². The van der Waals surface area contributed by atoms with Crippen LogP contribution in [0.1, 0.15) is 93.8 Å². The first-order valence-corrected chi connectivity index (χ1v) is 15.6. The van der Waals surface area contributed by atoms with E-state index in [-0.39, 0.29) is 16.9 Å². The number of hydrogen-bond donors (Lipinski definition) is 1. The number of hydrogen-bond acceptors (Lipinski definition) is 5. The number of nitrogens with one attached hydrogen (secondary N) is 1. The van der Waals surface area contributed by atoms with Crippen LogP contribution < -0.4 is 4.90 Å². The lowest BCUT2D eigenvalue weighted by atomic mass is 9.91. The Kier molecular flexibility index (Phi) is 8.41. The summed E-state index contributed by atoms with van der Waals surface area (Å²) in [6, 6.07) is 3.80. The minimum Gasteiger partial charge on any atom is -0.338 e. The largest absolute Gasteiger partial charge is 0.338 e. The average molecular weight is 570 g/mol. The number of fused-ring (bicyclic) bond motifs is 2. The normalized spacial score (nSPS) is 18.6. The maximum absolute atomic E-state index is 14.4. The van der Waals surface area contributed by atoms with Crippen molar-refractivity contribution < 1.29 is 13.6 Å². The van der Waals surface area contributed by atoms with Crippen LogP contribution in [-0.4, -0.2) is 51.4 Å². The van der Waals surface area contributed by atoms with Crippen molar-refractivity contribution in [1.82, 2.24) is 14.7 Å². The molecule has 1 saturated heterocycles. The molecule has 216 valence electrons. The van der Waals surface area contributed by atoms with Gasteiger partial charge in [0.05, 0.1) is 12.6 Å². The van der Waals surface area contributed by atoms with Crippen molar-refractivity contribution in [2.24, 2.45) is 5.41 Å². The first-order valence-electron chi connectivity index (χ1n) is 14.5. The van der Waals surface area contributed by atoms with E-state index in [0.29, 0.717) is 43.2 Å². The number of nitrogens with zero attached hydrogens (tertiary/aromatic N) is 4. The number of alkyl halides is 2. The van der Waals surface area contributed by atoms with Crippen molar-refractivity contribution in [3.8, 4) is 0 Å². The quantitative estimate of drug-likeness (QED) is 0.370. The minimum absolute atomic E-state index is 0.0539. The van der Waals surface area contributed by atoms with E-state index in [1.54, 1.807) is 19.1 Å². The molecule has 0 saturated carbocycles. The number of benzene rings is 1. The Labute approximate surface area is 240 Å². The fourth-order valence-electron chi connectivity index (χ4n) is 6.27. The van der Waals surface area contributed by atoms with Gasteiger partial charge < -0.3 is 15.2 Å². The van der Waals surface area contributed by atoms with Crippen molar-refractivity contribution in [3.05, 3.63) is 46.2 Å². The van der Waals surface area contributed by atoms with Crippen LogP contribution in [0, 0.1) is 10.8 Å². The van der Waals surface area contributed by atoms with Gasteiger partial charge in [-0.05, 0) is 78.4 Å². The predicted octanol–water partition coefficient (Wildman–Crippen LogP) is 7.35. The predicted molar refractivity (Wildman–Crippen MR) is 160 cm³/mol. The lowest BCUT2D eigenvalue weighted by molar-refractivity contribution is -0.134. The lowest BCUT2D eigenvalue weighted by Crippen LogP contribution is -2.38. The number of thioether (sulfide) groups is 1. The van der Waals surface area contributed by atoms with Gasteiger partial charge in [-0.2, -0.15) is 16.9 Å². The molecule has 0 bridgehead atoms. The molecule has 40 heavy (non-hydrogen) atoms. The van der Waals surface area contributed by atoms with Gasteiger partial charge in [0.15, 0.2) is 5.82 Å². The molecule has 5 rings (SSSR count). The van der Waals surface area contributed by atoms with Gasteiger partial charge in [0, 0.05) is 54.7 Å². The number of halogens is 2. The summed E-state index contributed by atoms with van der Waals surface area (Å²) in [5, 5.41) is 13.0. The van der Waals surface area contributed by atoms with Gasteiger partial charge in [0.25, 0.3) is 6.43 Å². The Balaban J connectivity index is 1.60. The molecule has 1 aromatic heterocycles. The van der Waals surface area contributed by atoms with Crippen LogP contribution in [0.15, 0.2) is 18.2 Å². The van der Waals surface area contributed by atoms with Crippen LogP contribution in [0.25, 0.3) is 5.57 Å². The highest BCUT2D eigenvalue weighted by Gasteiger charge is 2.35. The minimum atomic E-state index is -2.66. The summed E-state index contributed by atoms with van der Waals surface area (Å²) in [5.74, 6) is 3.19. The number of aryl methyl sites for hydroxylation is 1. The average Bonchev–Trinajstić information content (AvgIpc) is 3.31.